The molecule has 1 aliphatic carbocycles. The van der Waals surface area contributed by atoms with Crippen LogP contribution in [-0.2, 0) is 9.53 Å². The number of aromatic nitrogens is 1. The second-order valence-corrected chi connectivity index (χ2v) is 8.56. The van der Waals surface area contributed by atoms with Crippen molar-refractivity contribution in [2.24, 2.45) is 16.6 Å². The highest BCUT2D eigenvalue weighted by Gasteiger charge is 2.22. The van der Waals surface area contributed by atoms with Crippen LogP contribution < -0.4 is 11.1 Å². The number of pyridine rings is 1. The standard InChI is InChI=1S/C26H31N5O2/c1-28-16-22(15-27)19-3-4-20-17-29-25(14-21(20)13-19)30-26(32)18-5-7-23(8-6-18)33-24-9-11-31(2)12-10-24/h3-5,7-8,13-18,24H,6,9-12,27H2,1-2H3,(H,29,30,32). The first kappa shape index (κ1) is 22.7. The smallest absolute Gasteiger partial charge is 0.232 e. The minimum Gasteiger partial charge on any atom is -0.491 e. The molecule has 0 saturated carbocycles. The Balaban J connectivity index is 1.38. The van der Waals surface area contributed by atoms with E-state index in [-0.39, 0.29) is 17.9 Å². The first-order chi connectivity index (χ1) is 16.1. The van der Waals surface area contributed by atoms with Crippen molar-refractivity contribution < 1.29 is 9.53 Å². The molecule has 1 unspecified atom stereocenters. The molecule has 33 heavy (non-hydrogen) atoms. The molecule has 7 heteroatoms. The Morgan fingerprint density at radius 3 is 2.79 bits per heavy atom. The van der Waals surface area contributed by atoms with Gasteiger partial charge in [0.15, 0.2) is 0 Å². The number of benzene rings is 1. The lowest BCUT2D eigenvalue weighted by atomic mass is 9.99. The van der Waals surface area contributed by atoms with Crippen LogP contribution in [0.5, 0.6) is 0 Å². The van der Waals surface area contributed by atoms with E-state index in [1.54, 1.807) is 19.5 Å². The van der Waals surface area contributed by atoms with Gasteiger partial charge in [0.25, 0.3) is 0 Å². The van der Waals surface area contributed by atoms with Gasteiger partial charge >= 0.3 is 0 Å². The molecule has 0 spiro atoms. The maximum atomic E-state index is 12.8. The van der Waals surface area contributed by atoms with E-state index in [1.165, 1.54) is 6.20 Å². The summed E-state index contributed by atoms with van der Waals surface area (Å²) in [5.74, 6) is 1.07. The molecule has 0 bridgehead atoms. The summed E-state index contributed by atoms with van der Waals surface area (Å²) in [5, 5.41) is 4.90. The number of nitrogens with one attached hydrogen (secondary N) is 1. The first-order valence-electron chi connectivity index (χ1n) is 11.3. The summed E-state index contributed by atoms with van der Waals surface area (Å²) in [6.07, 6.45) is 13.8. The average Bonchev–Trinajstić information content (AvgIpc) is 2.84. The van der Waals surface area contributed by atoms with Crippen LogP contribution in [0.25, 0.3) is 16.3 Å². The maximum Gasteiger partial charge on any atom is 0.232 e. The van der Waals surface area contributed by atoms with E-state index in [1.807, 2.05) is 42.5 Å². The fraction of sp³-hybridized carbons (Fsp3) is 0.346. The largest absolute Gasteiger partial charge is 0.491 e. The summed E-state index contributed by atoms with van der Waals surface area (Å²) in [4.78, 5) is 23.6. The summed E-state index contributed by atoms with van der Waals surface area (Å²) >= 11 is 0. The summed E-state index contributed by atoms with van der Waals surface area (Å²) in [5.41, 5.74) is 7.52. The number of ether oxygens (including phenoxy) is 1. The number of rotatable bonds is 6. The third kappa shape index (κ3) is 5.68. The third-order valence-electron chi connectivity index (χ3n) is 6.12. The van der Waals surface area contributed by atoms with Gasteiger partial charge in [-0.15, -0.1) is 0 Å². The predicted molar refractivity (Wildman–Crippen MR) is 134 cm³/mol. The van der Waals surface area contributed by atoms with Gasteiger partial charge in [-0.05, 0) is 61.5 Å². The molecule has 2 heterocycles. The normalized spacial score (nSPS) is 20.2. The molecule has 1 aromatic heterocycles. The van der Waals surface area contributed by atoms with Gasteiger partial charge in [-0.25, -0.2) is 4.98 Å². The fourth-order valence-electron chi connectivity index (χ4n) is 4.14. The molecule has 1 atom stereocenters. The Kier molecular flexibility index (Phi) is 7.19. The van der Waals surface area contributed by atoms with E-state index < -0.39 is 0 Å². The zero-order valence-corrected chi connectivity index (χ0v) is 19.2. The minimum absolute atomic E-state index is 0.0792. The molecular weight excluding hydrogens is 414 g/mol. The van der Waals surface area contributed by atoms with E-state index in [0.29, 0.717) is 12.2 Å². The predicted octanol–water partition coefficient (Wildman–Crippen LogP) is 3.74. The van der Waals surface area contributed by atoms with Crippen molar-refractivity contribution in [2.45, 2.75) is 25.4 Å². The van der Waals surface area contributed by atoms with Crippen LogP contribution in [0.15, 0.2) is 65.6 Å². The molecule has 7 nitrogen and oxygen atoms in total. The zero-order valence-electron chi connectivity index (χ0n) is 19.2. The number of carbonyl (C=O) groups is 1. The minimum atomic E-state index is -0.244. The number of amides is 1. The maximum absolute atomic E-state index is 12.8. The zero-order chi connectivity index (χ0) is 23.2. The topological polar surface area (TPSA) is 92.8 Å². The molecule has 1 aliphatic heterocycles. The van der Waals surface area contributed by atoms with E-state index in [9.17, 15) is 4.79 Å². The molecule has 4 rings (SSSR count). The van der Waals surface area contributed by atoms with Crippen molar-refractivity contribution in [1.82, 2.24) is 9.88 Å². The molecule has 1 fully saturated rings. The molecule has 3 N–H and O–H groups in total. The number of nitrogens with zero attached hydrogens (tertiary/aromatic N) is 3. The second-order valence-electron chi connectivity index (χ2n) is 8.56. The SMILES string of the molecule is CN=CC(=CN)c1ccc2cnc(NC(=O)C3C=CC(OC4CCN(C)CC4)=CC3)cc2c1. The first-order valence-corrected chi connectivity index (χ1v) is 11.3. The lowest BCUT2D eigenvalue weighted by molar-refractivity contribution is -0.118. The molecule has 1 amide bonds. The van der Waals surface area contributed by atoms with Gasteiger partial charge in [0, 0.05) is 49.7 Å². The molecule has 0 radical (unpaired) electrons. The van der Waals surface area contributed by atoms with Crippen molar-refractivity contribution >= 4 is 34.3 Å². The van der Waals surface area contributed by atoms with Gasteiger partial charge in [-0.1, -0.05) is 18.2 Å². The lowest BCUT2D eigenvalue weighted by Crippen LogP contribution is -2.34. The van der Waals surface area contributed by atoms with Gasteiger partial charge in [-0.3, -0.25) is 9.79 Å². The van der Waals surface area contributed by atoms with Crippen LogP contribution in [0.4, 0.5) is 5.82 Å². The van der Waals surface area contributed by atoms with E-state index in [2.05, 4.69) is 27.2 Å². The molecule has 2 aliphatic rings. The Labute approximate surface area is 194 Å². The van der Waals surface area contributed by atoms with E-state index >= 15 is 0 Å². The molecule has 1 saturated heterocycles. The van der Waals surface area contributed by atoms with Crippen LogP contribution in [0.1, 0.15) is 24.8 Å². The molecule has 2 aromatic rings. The number of aliphatic imine (C=N–C) groups is 1. The highest BCUT2D eigenvalue weighted by molar-refractivity contribution is 6.10. The number of fused-ring (bicyclic) bond motifs is 1. The van der Waals surface area contributed by atoms with Crippen molar-refractivity contribution in [3.8, 4) is 0 Å². The van der Waals surface area contributed by atoms with Crippen LogP contribution >= 0.6 is 0 Å². The number of piperidine rings is 1. The van der Waals surface area contributed by atoms with Crippen molar-refractivity contribution in [3.05, 3.63) is 66.2 Å². The second kappa shape index (κ2) is 10.4. The average molecular weight is 446 g/mol. The number of anilines is 1. The Bertz CT molecular complexity index is 1130. The number of hydrogen-bond acceptors (Lipinski definition) is 6. The summed E-state index contributed by atoms with van der Waals surface area (Å²) in [6, 6.07) is 7.86. The molecular formula is C26H31N5O2. The van der Waals surface area contributed by atoms with Gasteiger partial charge in [0.1, 0.15) is 17.7 Å². The van der Waals surface area contributed by atoms with Crippen LogP contribution in [0.3, 0.4) is 0 Å². The fourth-order valence-corrected chi connectivity index (χ4v) is 4.14. The highest BCUT2D eigenvalue weighted by Crippen LogP contribution is 2.25. The molecule has 172 valence electrons. The number of carbonyl (C=O) groups excluding carboxylic acids is 1. The van der Waals surface area contributed by atoms with Crippen LogP contribution in [-0.4, -0.2) is 55.3 Å². The monoisotopic (exact) mass is 445 g/mol. The Morgan fingerprint density at radius 1 is 1.27 bits per heavy atom. The van der Waals surface area contributed by atoms with Gasteiger partial charge in [0.05, 0.1) is 5.92 Å². The summed E-state index contributed by atoms with van der Waals surface area (Å²) in [6.45, 7) is 2.12. The van der Waals surface area contributed by atoms with Crippen LogP contribution in [0, 0.1) is 5.92 Å². The van der Waals surface area contributed by atoms with Crippen molar-refractivity contribution in [2.75, 3.05) is 32.5 Å². The number of likely N-dealkylation sites (tertiary alicyclic amines) is 1. The molecule has 1 aromatic carbocycles. The van der Waals surface area contributed by atoms with Gasteiger partial charge in [-0.2, -0.15) is 0 Å². The summed E-state index contributed by atoms with van der Waals surface area (Å²) in [7, 11) is 3.85. The number of allylic oxidation sites excluding steroid dienone is 3. The van der Waals surface area contributed by atoms with Gasteiger partial charge < -0.3 is 20.7 Å². The van der Waals surface area contributed by atoms with Gasteiger partial charge in [0.2, 0.25) is 5.91 Å². The number of nitrogens with two attached hydrogens (primary N) is 1. The number of hydrogen-bond donors (Lipinski definition) is 2. The van der Waals surface area contributed by atoms with E-state index in [4.69, 9.17) is 10.5 Å². The summed E-state index contributed by atoms with van der Waals surface area (Å²) < 4.78 is 6.11. The highest BCUT2D eigenvalue weighted by atomic mass is 16.5. The Hall–Kier alpha value is -3.45. The third-order valence-corrected chi connectivity index (χ3v) is 6.12. The lowest BCUT2D eigenvalue weighted by Gasteiger charge is -2.30. The van der Waals surface area contributed by atoms with Crippen molar-refractivity contribution in [3.63, 3.8) is 0 Å². The van der Waals surface area contributed by atoms with E-state index in [0.717, 1.165) is 53.6 Å². The van der Waals surface area contributed by atoms with Crippen LogP contribution in [0.2, 0.25) is 0 Å². The quantitative estimate of drug-likeness (QED) is 0.661. The van der Waals surface area contributed by atoms with Crippen molar-refractivity contribution in [1.29, 1.82) is 0 Å². The Morgan fingerprint density at radius 2 is 2.09 bits per heavy atom.